The minimum absolute atomic E-state index is 0.607. The van der Waals surface area contributed by atoms with Crippen LogP contribution < -0.4 is 11.0 Å². The number of amides is 1. The summed E-state index contributed by atoms with van der Waals surface area (Å²) in [6, 6.07) is 0. The normalized spacial score (nSPS) is 28.4. The monoisotopic (exact) mass is 303 g/mol. The molecule has 0 radical (unpaired) electrons. The number of halogens is 1. The van der Waals surface area contributed by atoms with Gasteiger partial charge in [-0.3, -0.25) is 9.88 Å². The molecule has 1 aliphatic heterocycles. The molecular weight excluding hydrogens is 289 g/mol. The molecular formula is C11H14FN3O6. The van der Waals surface area contributed by atoms with Gasteiger partial charge in [-0.05, 0) is 6.92 Å². The number of nitrogens with zero attached hydrogens (tertiary/aromatic N) is 2. The Hall–Kier alpha value is -2.04. The van der Waals surface area contributed by atoms with Gasteiger partial charge in [0, 0.05) is 0 Å². The fourth-order valence-electron chi connectivity index (χ4n) is 1.92. The molecule has 10 heteroatoms. The van der Waals surface area contributed by atoms with Crippen molar-refractivity contribution in [3.63, 3.8) is 0 Å². The van der Waals surface area contributed by atoms with Gasteiger partial charge in [-0.15, -0.1) is 0 Å². The average molecular weight is 303 g/mol. The number of rotatable bonds is 2. The third-order valence-electron chi connectivity index (χ3n) is 3.06. The molecule has 2 heterocycles. The predicted molar refractivity (Wildman–Crippen MR) is 66.1 cm³/mol. The van der Waals surface area contributed by atoms with Crippen LogP contribution in [-0.2, 0) is 9.47 Å². The summed E-state index contributed by atoms with van der Waals surface area (Å²) in [5.41, 5.74) is -0.965. The number of carbonyl (C=O) groups is 1. The van der Waals surface area contributed by atoms with E-state index in [9.17, 15) is 24.2 Å². The van der Waals surface area contributed by atoms with Crippen molar-refractivity contribution in [1.29, 1.82) is 0 Å². The van der Waals surface area contributed by atoms with Crippen LogP contribution in [0, 0.1) is 5.82 Å². The molecule has 1 aliphatic rings. The standard InChI is InChI=1S/C11H14FN3O6/c1-4-6(16)7(17)9(21-4)15-3-5(12)8(13-10(15)18)14-11(19)20-2/h3-4,6-7,9,16-17H,1-2H3,(H,13,14,18,19)/t4-,6-,7-,9-/m0/s1. The van der Waals surface area contributed by atoms with Crippen molar-refractivity contribution >= 4 is 11.9 Å². The summed E-state index contributed by atoms with van der Waals surface area (Å²) in [6.45, 7) is 1.50. The van der Waals surface area contributed by atoms with Gasteiger partial charge in [0.15, 0.2) is 17.9 Å². The topological polar surface area (TPSA) is 123 Å². The maximum Gasteiger partial charge on any atom is 0.412 e. The van der Waals surface area contributed by atoms with Crippen molar-refractivity contribution in [1.82, 2.24) is 9.55 Å². The Balaban J connectivity index is 2.33. The Kier molecular flexibility index (Phi) is 4.21. The second-order valence-corrected chi connectivity index (χ2v) is 4.46. The molecule has 1 fully saturated rings. The number of aliphatic hydroxyl groups excluding tert-OH is 2. The lowest BCUT2D eigenvalue weighted by molar-refractivity contribution is -0.0355. The summed E-state index contributed by atoms with van der Waals surface area (Å²) < 4.78 is 24.0. The summed E-state index contributed by atoms with van der Waals surface area (Å²) in [5.74, 6) is -1.63. The van der Waals surface area contributed by atoms with Gasteiger partial charge in [0.05, 0.1) is 19.4 Å². The second kappa shape index (κ2) is 5.76. The third kappa shape index (κ3) is 2.86. The number of aliphatic hydroxyl groups is 2. The largest absolute Gasteiger partial charge is 0.453 e. The average Bonchev–Trinajstić information content (AvgIpc) is 2.70. The first-order valence-electron chi connectivity index (χ1n) is 6.00. The van der Waals surface area contributed by atoms with Gasteiger partial charge >= 0.3 is 11.8 Å². The Labute approximate surface area is 117 Å². The van der Waals surface area contributed by atoms with Crippen molar-refractivity contribution < 1.29 is 28.9 Å². The van der Waals surface area contributed by atoms with E-state index in [1.165, 1.54) is 6.92 Å². The Morgan fingerprint density at radius 3 is 2.71 bits per heavy atom. The van der Waals surface area contributed by atoms with Gasteiger partial charge in [0.25, 0.3) is 0 Å². The number of hydrogen-bond acceptors (Lipinski definition) is 7. The number of aromatic nitrogens is 2. The summed E-state index contributed by atoms with van der Waals surface area (Å²) in [5, 5.41) is 21.3. The highest BCUT2D eigenvalue weighted by atomic mass is 19.1. The van der Waals surface area contributed by atoms with Gasteiger partial charge in [0.2, 0.25) is 0 Å². The second-order valence-electron chi connectivity index (χ2n) is 4.46. The van der Waals surface area contributed by atoms with E-state index in [1.54, 1.807) is 0 Å². The lowest BCUT2D eigenvalue weighted by atomic mass is 10.1. The minimum Gasteiger partial charge on any atom is -0.453 e. The van der Waals surface area contributed by atoms with Crippen LogP contribution in [0.15, 0.2) is 11.0 Å². The lowest BCUT2D eigenvalue weighted by Gasteiger charge is -2.17. The van der Waals surface area contributed by atoms with E-state index in [2.05, 4.69) is 9.72 Å². The molecule has 0 aliphatic carbocycles. The first kappa shape index (κ1) is 15.4. The number of nitrogens with one attached hydrogen (secondary N) is 1. The van der Waals surface area contributed by atoms with Crippen molar-refractivity contribution in [3.05, 3.63) is 22.5 Å². The molecule has 21 heavy (non-hydrogen) atoms. The highest BCUT2D eigenvalue weighted by Gasteiger charge is 2.42. The van der Waals surface area contributed by atoms with E-state index in [0.717, 1.165) is 13.3 Å². The molecule has 4 atom stereocenters. The van der Waals surface area contributed by atoms with E-state index >= 15 is 0 Å². The molecule has 9 nitrogen and oxygen atoms in total. The van der Waals surface area contributed by atoms with Crippen LogP contribution in [0.3, 0.4) is 0 Å². The molecule has 0 aromatic carbocycles. The highest BCUT2D eigenvalue weighted by Crippen LogP contribution is 2.28. The molecule has 2 rings (SSSR count). The minimum atomic E-state index is -1.40. The smallest absolute Gasteiger partial charge is 0.412 e. The maximum absolute atomic E-state index is 13.8. The SMILES string of the molecule is COC(=O)Nc1nc(=O)n([C@H]2O[C@@H](C)[C@H](O)[C@@H]2O)cc1F. The molecule has 116 valence electrons. The number of hydrogen-bond donors (Lipinski definition) is 3. The van der Waals surface area contributed by atoms with E-state index in [-0.39, 0.29) is 0 Å². The van der Waals surface area contributed by atoms with Crippen molar-refractivity contribution in [2.45, 2.75) is 31.5 Å². The molecule has 1 amide bonds. The zero-order chi connectivity index (χ0) is 15.7. The van der Waals surface area contributed by atoms with Crippen LogP contribution in [0.25, 0.3) is 0 Å². The zero-order valence-corrected chi connectivity index (χ0v) is 11.2. The number of ether oxygens (including phenoxy) is 2. The van der Waals surface area contributed by atoms with Crippen LogP contribution in [-0.4, -0.2) is 51.3 Å². The van der Waals surface area contributed by atoms with Crippen LogP contribution >= 0.6 is 0 Å². The van der Waals surface area contributed by atoms with Gasteiger partial charge in [0.1, 0.15) is 12.2 Å². The lowest BCUT2D eigenvalue weighted by Crippen LogP contribution is -2.36. The van der Waals surface area contributed by atoms with Crippen LogP contribution in [0.5, 0.6) is 0 Å². The number of carbonyl (C=O) groups excluding carboxylic acids is 1. The van der Waals surface area contributed by atoms with Crippen molar-refractivity contribution in [2.24, 2.45) is 0 Å². The third-order valence-corrected chi connectivity index (χ3v) is 3.06. The van der Waals surface area contributed by atoms with E-state index in [4.69, 9.17) is 4.74 Å². The van der Waals surface area contributed by atoms with Crippen molar-refractivity contribution in [3.8, 4) is 0 Å². The fourth-order valence-corrected chi connectivity index (χ4v) is 1.92. The molecule has 1 saturated heterocycles. The predicted octanol–water partition coefficient (Wildman–Crippen LogP) is -0.800. The molecule has 3 N–H and O–H groups in total. The maximum atomic E-state index is 13.8. The summed E-state index contributed by atoms with van der Waals surface area (Å²) in [4.78, 5) is 26.1. The van der Waals surface area contributed by atoms with Gasteiger partial charge < -0.3 is 19.7 Å². The number of methoxy groups -OCH3 is 1. The molecule has 0 unspecified atom stereocenters. The van der Waals surface area contributed by atoms with Gasteiger partial charge in [-0.2, -0.15) is 4.98 Å². The first-order valence-corrected chi connectivity index (χ1v) is 6.00. The molecule has 1 aromatic rings. The van der Waals surface area contributed by atoms with E-state index in [1.807, 2.05) is 5.32 Å². The number of anilines is 1. The Bertz CT molecular complexity index is 606. The molecule has 0 spiro atoms. The summed E-state index contributed by atoms with van der Waals surface area (Å²) in [6.07, 6.45) is -4.88. The quantitative estimate of drug-likeness (QED) is 0.653. The van der Waals surface area contributed by atoms with Gasteiger partial charge in [-0.1, -0.05) is 0 Å². The van der Waals surface area contributed by atoms with E-state index in [0.29, 0.717) is 4.57 Å². The van der Waals surface area contributed by atoms with E-state index < -0.39 is 48.0 Å². The van der Waals surface area contributed by atoms with Gasteiger partial charge in [-0.25, -0.2) is 14.0 Å². The Morgan fingerprint density at radius 2 is 2.19 bits per heavy atom. The van der Waals surface area contributed by atoms with Crippen molar-refractivity contribution in [2.75, 3.05) is 12.4 Å². The zero-order valence-electron chi connectivity index (χ0n) is 11.2. The van der Waals surface area contributed by atoms with Crippen LogP contribution in [0.4, 0.5) is 15.0 Å². The van der Waals surface area contributed by atoms with Crippen LogP contribution in [0.1, 0.15) is 13.2 Å². The summed E-state index contributed by atoms with van der Waals surface area (Å²) in [7, 11) is 1.07. The van der Waals surface area contributed by atoms with Crippen LogP contribution in [0.2, 0.25) is 0 Å². The highest BCUT2D eigenvalue weighted by molar-refractivity contribution is 5.83. The Morgan fingerprint density at radius 1 is 1.52 bits per heavy atom. The fraction of sp³-hybridized carbons (Fsp3) is 0.545. The summed E-state index contributed by atoms with van der Waals surface area (Å²) >= 11 is 0. The molecule has 0 bridgehead atoms. The molecule has 0 saturated carbocycles. The first-order chi connectivity index (χ1) is 9.85. The molecule has 1 aromatic heterocycles.